The van der Waals surface area contributed by atoms with E-state index in [9.17, 15) is 9.59 Å². The van der Waals surface area contributed by atoms with E-state index in [0.29, 0.717) is 0 Å². The molecule has 16 heavy (non-hydrogen) atoms. The minimum absolute atomic E-state index is 0.116. The van der Waals surface area contributed by atoms with Crippen molar-refractivity contribution in [2.45, 2.75) is 37.8 Å². The van der Waals surface area contributed by atoms with Gasteiger partial charge in [0, 0.05) is 12.1 Å². The van der Waals surface area contributed by atoms with Crippen LogP contribution in [0.4, 0.5) is 0 Å². The smallest absolute Gasteiger partial charge is 0.295 e. The van der Waals surface area contributed by atoms with Gasteiger partial charge in [0.2, 0.25) is 0 Å². The summed E-state index contributed by atoms with van der Waals surface area (Å²) < 4.78 is 0. The molecule has 0 aliphatic heterocycles. The second-order valence-electron chi connectivity index (χ2n) is 3.73. The molecule has 2 N–H and O–H groups in total. The third-order valence-electron chi connectivity index (χ3n) is 2.66. The Balaban J connectivity index is 2.58. The van der Waals surface area contributed by atoms with Crippen molar-refractivity contribution in [3.05, 3.63) is 0 Å². The molecule has 4 heteroatoms. The van der Waals surface area contributed by atoms with Crippen molar-refractivity contribution in [2.24, 2.45) is 0 Å². The number of carbonyl (C=O) groups excluding carboxylic acids is 2. The molecule has 0 heterocycles. The fourth-order valence-electron chi connectivity index (χ4n) is 1.90. The van der Waals surface area contributed by atoms with Crippen LogP contribution < -0.4 is 10.6 Å². The highest BCUT2D eigenvalue weighted by Crippen LogP contribution is 2.18. The summed E-state index contributed by atoms with van der Waals surface area (Å²) in [7, 11) is 0. The Bertz CT molecular complexity index is 326. The monoisotopic (exact) mass is 218 g/mol. The van der Waals surface area contributed by atoms with E-state index in [1.807, 2.05) is 11.8 Å². The van der Waals surface area contributed by atoms with E-state index < -0.39 is 11.8 Å². The van der Waals surface area contributed by atoms with Crippen molar-refractivity contribution in [1.82, 2.24) is 10.6 Å². The van der Waals surface area contributed by atoms with E-state index in [0.717, 1.165) is 25.7 Å². The van der Waals surface area contributed by atoms with Crippen molar-refractivity contribution in [3.63, 3.8) is 0 Å². The first-order valence-corrected chi connectivity index (χ1v) is 5.21. The van der Waals surface area contributed by atoms with Crippen molar-refractivity contribution in [1.29, 1.82) is 0 Å². The predicted molar refractivity (Wildman–Crippen MR) is 60.0 cm³/mol. The first-order chi connectivity index (χ1) is 7.67. The van der Waals surface area contributed by atoms with Crippen LogP contribution in [0, 0.1) is 24.7 Å². The Labute approximate surface area is 95.2 Å². The molecule has 0 aromatic rings. The van der Waals surface area contributed by atoms with Crippen LogP contribution in [0.15, 0.2) is 0 Å². The molecule has 1 fully saturated rings. The molecule has 0 saturated heterocycles. The van der Waals surface area contributed by atoms with Crippen molar-refractivity contribution in [3.8, 4) is 24.7 Å². The third-order valence-corrected chi connectivity index (χ3v) is 2.66. The average molecular weight is 218 g/mol. The van der Waals surface area contributed by atoms with Gasteiger partial charge < -0.3 is 10.6 Å². The zero-order chi connectivity index (χ0) is 12.0. The van der Waals surface area contributed by atoms with Crippen LogP contribution in [0.1, 0.15) is 25.7 Å². The minimum Gasteiger partial charge on any atom is -0.340 e. The zero-order valence-electron chi connectivity index (χ0n) is 8.95. The second-order valence-corrected chi connectivity index (χ2v) is 3.73. The minimum atomic E-state index is -0.452. The number of carbonyl (C=O) groups is 2. The molecule has 0 aromatic heterocycles. The quantitative estimate of drug-likeness (QED) is 0.630. The first kappa shape index (κ1) is 12.1. The fourth-order valence-corrected chi connectivity index (χ4v) is 1.90. The maximum Gasteiger partial charge on any atom is 0.295 e. The summed E-state index contributed by atoms with van der Waals surface area (Å²) in [4.78, 5) is 22.2. The van der Waals surface area contributed by atoms with Gasteiger partial charge in [-0.05, 0) is 24.7 Å². The lowest BCUT2D eigenvalue weighted by atomic mass is 9.90. The molecule has 1 rings (SSSR count). The molecule has 1 aliphatic rings. The van der Waals surface area contributed by atoms with Gasteiger partial charge in [0.15, 0.2) is 0 Å². The Hall–Kier alpha value is -1.94. The molecule has 0 radical (unpaired) electrons. The van der Waals surface area contributed by atoms with Crippen LogP contribution in [0.2, 0.25) is 0 Å². The Morgan fingerprint density at radius 2 is 1.31 bits per heavy atom. The summed E-state index contributed by atoms with van der Waals surface area (Å²) in [5.41, 5.74) is 0. The predicted octanol–water partition coefficient (Wildman–Crippen LogP) is -0.204. The third kappa shape index (κ3) is 3.33. The maximum absolute atomic E-state index is 11.1. The summed E-state index contributed by atoms with van der Waals surface area (Å²) in [6.07, 6.45) is 13.6. The summed E-state index contributed by atoms with van der Waals surface area (Å²) in [5.74, 6) is 3.09. The van der Waals surface area contributed by atoms with Gasteiger partial charge in [-0.15, -0.1) is 12.8 Å². The normalized spacial score (nSPS) is 23.6. The summed E-state index contributed by atoms with van der Waals surface area (Å²) in [6.45, 7) is 0. The molecule has 0 bridgehead atoms. The van der Waals surface area contributed by atoms with Gasteiger partial charge in [-0.25, -0.2) is 0 Å². The van der Waals surface area contributed by atoms with Crippen molar-refractivity contribution in [2.75, 3.05) is 0 Å². The summed E-state index contributed by atoms with van der Waals surface area (Å²) in [5, 5.41) is 5.38. The molecule has 0 unspecified atom stereocenters. The lowest BCUT2D eigenvalue weighted by molar-refractivity contribution is -0.119. The van der Waals surface area contributed by atoms with E-state index in [4.69, 9.17) is 12.8 Å². The molecule has 84 valence electrons. The number of hydrogen-bond donors (Lipinski definition) is 2. The Kier molecular flexibility index (Phi) is 4.42. The number of rotatable bonds is 2. The highest BCUT2D eigenvalue weighted by molar-refractivity contribution is 5.94. The highest BCUT2D eigenvalue weighted by Gasteiger charge is 2.26. The van der Waals surface area contributed by atoms with E-state index in [1.165, 1.54) is 0 Å². The van der Waals surface area contributed by atoms with E-state index >= 15 is 0 Å². The topological polar surface area (TPSA) is 58.2 Å². The van der Waals surface area contributed by atoms with Crippen LogP contribution in [0.3, 0.4) is 0 Å². The molecular weight excluding hydrogens is 204 g/mol. The Morgan fingerprint density at radius 3 is 1.62 bits per heavy atom. The largest absolute Gasteiger partial charge is 0.340 e. The van der Waals surface area contributed by atoms with Crippen LogP contribution in [0.5, 0.6) is 0 Å². The SMILES string of the molecule is C#CC(=O)N[C@@H]1CCCC[C@H]1NC(=O)C#C. The van der Waals surface area contributed by atoms with E-state index in [-0.39, 0.29) is 12.1 Å². The first-order valence-electron chi connectivity index (χ1n) is 5.21. The van der Waals surface area contributed by atoms with Gasteiger partial charge in [-0.2, -0.15) is 0 Å². The Morgan fingerprint density at radius 1 is 0.938 bits per heavy atom. The molecule has 1 saturated carbocycles. The van der Waals surface area contributed by atoms with Gasteiger partial charge in [0.05, 0.1) is 0 Å². The molecule has 0 aromatic carbocycles. The lowest BCUT2D eigenvalue weighted by Gasteiger charge is -2.31. The van der Waals surface area contributed by atoms with E-state index in [1.54, 1.807) is 0 Å². The number of amides is 2. The average Bonchev–Trinajstić information content (AvgIpc) is 2.31. The van der Waals surface area contributed by atoms with Crippen molar-refractivity contribution < 1.29 is 9.59 Å². The lowest BCUT2D eigenvalue weighted by Crippen LogP contribution is -2.52. The zero-order valence-corrected chi connectivity index (χ0v) is 8.95. The van der Waals surface area contributed by atoms with Crippen LogP contribution in [0.25, 0.3) is 0 Å². The fraction of sp³-hybridized carbons (Fsp3) is 0.500. The maximum atomic E-state index is 11.1. The van der Waals surface area contributed by atoms with Crippen LogP contribution >= 0.6 is 0 Å². The van der Waals surface area contributed by atoms with Crippen LogP contribution in [-0.2, 0) is 9.59 Å². The van der Waals surface area contributed by atoms with Crippen molar-refractivity contribution >= 4 is 11.8 Å². The molecule has 0 spiro atoms. The second kappa shape index (κ2) is 5.82. The number of nitrogens with one attached hydrogen (secondary N) is 2. The van der Waals surface area contributed by atoms with Gasteiger partial charge in [0.1, 0.15) is 0 Å². The molecule has 1 aliphatic carbocycles. The summed E-state index contributed by atoms with van der Waals surface area (Å²) >= 11 is 0. The molecule has 2 amide bonds. The van der Waals surface area contributed by atoms with Crippen LogP contribution in [-0.4, -0.2) is 23.9 Å². The number of terminal acetylenes is 2. The molecule has 2 atom stereocenters. The van der Waals surface area contributed by atoms with E-state index in [2.05, 4.69) is 10.6 Å². The standard InChI is InChI=1S/C12H14N2O2/c1-3-11(15)13-9-7-5-6-8-10(9)14-12(16)4-2/h1-2,9-10H,5-8H2,(H,13,15)(H,14,16)/t9-,10-/m1/s1. The molecular formula is C12H14N2O2. The van der Waals surface area contributed by atoms with Gasteiger partial charge in [0.25, 0.3) is 11.8 Å². The van der Waals surface area contributed by atoms with Gasteiger partial charge in [-0.3, -0.25) is 9.59 Å². The van der Waals surface area contributed by atoms with Gasteiger partial charge in [-0.1, -0.05) is 12.8 Å². The van der Waals surface area contributed by atoms with Gasteiger partial charge >= 0.3 is 0 Å². The highest BCUT2D eigenvalue weighted by atomic mass is 16.2. The number of hydrogen-bond acceptors (Lipinski definition) is 2. The summed E-state index contributed by atoms with van der Waals surface area (Å²) in [6, 6.07) is -0.232. The molecule has 4 nitrogen and oxygen atoms in total.